The second kappa shape index (κ2) is 3.17. The molecule has 0 fully saturated rings. The van der Waals surface area contributed by atoms with Crippen molar-refractivity contribution in [3.63, 3.8) is 0 Å². The van der Waals surface area contributed by atoms with Crippen LogP contribution >= 0.6 is 15.9 Å². The lowest BCUT2D eigenvalue weighted by atomic mass is 10.2. The van der Waals surface area contributed by atoms with Crippen molar-refractivity contribution in [1.82, 2.24) is 9.97 Å². The summed E-state index contributed by atoms with van der Waals surface area (Å²) in [5.41, 5.74) is 5.56. The first-order valence-corrected chi connectivity index (χ1v) is 4.18. The number of aromatic nitrogens is 2. The molecule has 0 aliphatic carbocycles. The van der Waals surface area contributed by atoms with Gasteiger partial charge in [0.1, 0.15) is 11.6 Å². The number of nitrogen functional groups attached to an aromatic ring is 1. The van der Waals surface area contributed by atoms with Crippen LogP contribution in [0.1, 0.15) is 25.6 Å². The number of halogens is 1. The number of anilines is 1. The number of hydrogen-bond donors (Lipinski definition) is 1. The molecule has 1 rings (SSSR count). The molecular weight excluding hydrogens is 206 g/mol. The lowest BCUT2D eigenvalue weighted by molar-refractivity contribution is 0.775. The number of nitrogens with two attached hydrogens (primary N) is 1. The molecule has 0 radical (unpaired) electrons. The van der Waals surface area contributed by atoms with Crippen LogP contribution in [0, 0.1) is 0 Å². The van der Waals surface area contributed by atoms with Crippen LogP contribution in [-0.2, 0) is 0 Å². The van der Waals surface area contributed by atoms with Crippen LogP contribution in [0.5, 0.6) is 0 Å². The first kappa shape index (κ1) is 8.46. The molecule has 0 aliphatic rings. The summed E-state index contributed by atoms with van der Waals surface area (Å²) < 4.78 is 0.752. The molecule has 4 heteroatoms. The van der Waals surface area contributed by atoms with Crippen LogP contribution in [0.25, 0.3) is 0 Å². The third-order valence-electron chi connectivity index (χ3n) is 1.31. The SMILES string of the molecule is CC(C)c1ncc(Br)c(N)n1. The van der Waals surface area contributed by atoms with Crippen molar-refractivity contribution < 1.29 is 0 Å². The van der Waals surface area contributed by atoms with E-state index in [4.69, 9.17) is 5.73 Å². The van der Waals surface area contributed by atoms with Gasteiger partial charge in [-0.25, -0.2) is 9.97 Å². The van der Waals surface area contributed by atoms with Gasteiger partial charge in [-0.05, 0) is 15.9 Å². The fourth-order valence-electron chi connectivity index (χ4n) is 0.673. The average Bonchev–Trinajstić information content (AvgIpc) is 1.94. The molecule has 0 aromatic carbocycles. The largest absolute Gasteiger partial charge is 0.383 e. The molecule has 1 aromatic heterocycles. The van der Waals surface area contributed by atoms with Crippen LogP contribution in [0.4, 0.5) is 5.82 Å². The van der Waals surface area contributed by atoms with Crippen LogP contribution < -0.4 is 5.73 Å². The molecule has 11 heavy (non-hydrogen) atoms. The van der Waals surface area contributed by atoms with E-state index in [0.29, 0.717) is 11.7 Å². The van der Waals surface area contributed by atoms with Crippen molar-refractivity contribution >= 4 is 21.7 Å². The Morgan fingerprint density at radius 3 is 2.64 bits per heavy atom. The van der Waals surface area contributed by atoms with E-state index in [9.17, 15) is 0 Å². The van der Waals surface area contributed by atoms with E-state index in [0.717, 1.165) is 10.3 Å². The van der Waals surface area contributed by atoms with Crippen molar-refractivity contribution in [2.75, 3.05) is 5.73 Å². The molecule has 0 amide bonds. The summed E-state index contributed by atoms with van der Waals surface area (Å²) in [4.78, 5) is 8.19. The van der Waals surface area contributed by atoms with Crippen molar-refractivity contribution in [3.8, 4) is 0 Å². The van der Waals surface area contributed by atoms with Crippen molar-refractivity contribution in [1.29, 1.82) is 0 Å². The Bertz CT molecular complexity index is 260. The molecule has 60 valence electrons. The van der Waals surface area contributed by atoms with Crippen molar-refractivity contribution in [2.24, 2.45) is 0 Å². The highest BCUT2D eigenvalue weighted by molar-refractivity contribution is 9.10. The first-order chi connectivity index (χ1) is 5.11. The first-order valence-electron chi connectivity index (χ1n) is 3.39. The molecule has 3 nitrogen and oxygen atoms in total. The Labute approximate surface area is 74.2 Å². The zero-order valence-corrected chi connectivity index (χ0v) is 8.09. The van der Waals surface area contributed by atoms with Crippen LogP contribution in [0.15, 0.2) is 10.7 Å². The van der Waals surface area contributed by atoms with Crippen LogP contribution in [0.3, 0.4) is 0 Å². The van der Waals surface area contributed by atoms with Gasteiger partial charge in [-0.3, -0.25) is 0 Å². The molecule has 0 unspecified atom stereocenters. The van der Waals surface area contributed by atoms with Gasteiger partial charge in [0, 0.05) is 12.1 Å². The van der Waals surface area contributed by atoms with E-state index in [1.165, 1.54) is 0 Å². The van der Waals surface area contributed by atoms with E-state index in [1.54, 1.807) is 6.20 Å². The molecule has 2 N–H and O–H groups in total. The Balaban J connectivity index is 3.05. The third kappa shape index (κ3) is 1.89. The van der Waals surface area contributed by atoms with Crippen molar-refractivity contribution in [2.45, 2.75) is 19.8 Å². The minimum atomic E-state index is 0.324. The van der Waals surface area contributed by atoms with E-state index in [2.05, 4.69) is 25.9 Å². The van der Waals surface area contributed by atoms with E-state index >= 15 is 0 Å². The monoisotopic (exact) mass is 215 g/mol. The average molecular weight is 216 g/mol. The zero-order chi connectivity index (χ0) is 8.43. The fraction of sp³-hybridized carbons (Fsp3) is 0.429. The summed E-state index contributed by atoms with van der Waals surface area (Å²) in [7, 11) is 0. The van der Waals surface area contributed by atoms with Crippen LogP contribution in [0.2, 0.25) is 0 Å². The molecule has 0 bridgehead atoms. The standard InChI is InChI=1S/C7H10BrN3/c1-4(2)7-10-3-5(8)6(9)11-7/h3-4H,1-2H3,(H2,9,10,11). The van der Waals surface area contributed by atoms with E-state index < -0.39 is 0 Å². The van der Waals surface area contributed by atoms with Crippen LogP contribution in [-0.4, -0.2) is 9.97 Å². The van der Waals surface area contributed by atoms with Gasteiger partial charge in [0.15, 0.2) is 0 Å². The normalized spacial score (nSPS) is 10.5. The van der Waals surface area contributed by atoms with E-state index in [-0.39, 0.29) is 0 Å². The predicted molar refractivity (Wildman–Crippen MR) is 48.2 cm³/mol. The fourth-order valence-corrected chi connectivity index (χ4v) is 0.864. The summed E-state index contributed by atoms with van der Waals surface area (Å²) in [6, 6.07) is 0. The molecule has 1 aromatic rings. The van der Waals surface area contributed by atoms with Gasteiger partial charge in [-0.1, -0.05) is 13.8 Å². The van der Waals surface area contributed by atoms with E-state index in [1.807, 2.05) is 13.8 Å². The molecule has 0 saturated heterocycles. The molecule has 0 saturated carbocycles. The highest BCUT2D eigenvalue weighted by Crippen LogP contribution is 2.17. The molecular formula is C7H10BrN3. The van der Waals surface area contributed by atoms with Gasteiger partial charge in [0.2, 0.25) is 0 Å². The molecule has 0 atom stereocenters. The zero-order valence-electron chi connectivity index (χ0n) is 6.50. The Hall–Kier alpha value is -0.640. The predicted octanol–water partition coefficient (Wildman–Crippen LogP) is 1.94. The van der Waals surface area contributed by atoms with Gasteiger partial charge in [0.05, 0.1) is 4.47 Å². The second-order valence-electron chi connectivity index (χ2n) is 2.62. The Morgan fingerprint density at radius 2 is 2.18 bits per heavy atom. The van der Waals surface area contributed by atoms with Gasteiger partial charge in [-0.2, -0.15) is 0 Å². The summed E-state index contributed by atoms with van der Waals surface area (Å²) in [5.74, 6) is 1.61. The Morgan fingerprint density at radius 1 is 1.55 bits per heavy atom. The smallest absolute Gasteiger partial charge is 0.141 e. The molecule has 1 heterocycles. The quantitative estimate of drug-likeness (QED) is 0.780. The highest BCUT2D eigenvalue weighted by atomic mass is 79.9. The van der Waals surface area contributed by atoms with Gasteiger partial charge in [0.25, 0.3) is 0 Å². The maximum Gasteiger partial charge on any atom is 0.141 e. The minimum absolute atomic E-state index is 0.324. The highest BCUT2D eigenvalue weighted by Gasteiger charge is 2.04. The maximum atomic E-state index is 5.56. The summed E-state index contributed by atoms with van der Waals surface area (Å²) in [6.07, 6.45) is 1.68. The lowest BCUT2D eigenvalue weighted by Gasteiger charge is -2.03. The Kier molecular flexibility index (Phi) is 2.44. The van der Waals surface area contributed by atoms with Crippen molar-refractivity contribution in [3.05, 3.63) is 16.5 Å². The summed E-state index contributed by atoms with van der Waals surface area (Å²) >= 11 is 3.23. The number of nitrogens with zero attached hydrogens (tertiary/aromatic N) is 2. The van der Waals surface area contributed by atoms with Gasteiger partial charge >= 0.3 is 0 Å². The lowest BCUT2D eigenvalue weighted by Crippen LogP contribution is -2.01. The van der Waals surface area contributed by atoms with Gasteiger partial charge < -0.3 is 5.73 Å². The second-order valence-corrected chi connectivity index (χ2v) is 3.47. The topological polar surface area (TPSA) is 51.8 Å². The third-order valence-corrected chi connectivity index (χ3v) is 1.92. The number of rotatable bonds is 1. The maximum absolute atomic E-state index is 5.56. The summed E-state index contributed by atoms with van der Waals surface area (Å²) in [5, 5.41) is 0. The molecule has 0 spiro atoms. The van der Waals surface area contributed by atoms with Gasteiger partial charge in [-0.15, -0.1) is 0 Å². The molecule has 0 aliphatic heterocycles. The number of hydrogen-bond acceptors (Lipinski definition) is 3. The minimum Gasteiger partial charge on any atom is -0.383 e. The summed E-state index contributed by atoms with van der Waals surface area (Å²) in [6.45, 7) is 4.06.